The van der Waals surface area contributed by atoms with Gasteiger partial charge in [-0.3, -0.25) is 39.0 Å². The third-order valence-corrected chi connectivity index (χ3v) is 9.88. The molecule has 2 aromatic heterocycles. The largest absolute Gasteiger partial charge is 0.491 e. The molecule has 4 aromatic rings. The molecule has 5 amide bonds. The van der Waals surface area contributed by atoms with E-state index in [9.17, 15) is 28.8 Å². The zero-order valence-corrected chi connectivity index (χ0v) is 31.7. The van der Waals surface area contributed by atoms with E-state index >= 15 is 0 Å². The van der Waals surface area contributed by atoms with Gasteiger partial charge in [0.05, 0.1) is 35.5 Å². The molecule has 3 atom stereocenters. The summed E-state index contributed by atoms with van der Waals surface area (Å²) in [7, 11) is 1.49. The number of fused-ring (bicyclic) bond motifs is 2. The molecule has 292 valence electrons. The Hall–Kier alpha value is -6.07. The molecule has 0 bridgehead atoms. The number of carbonyl (C=O) groups excluding carboxylic acids is 5. The van der Waals surface area contributed by atoms with Crippen molar-refractivity contribution in [3.8, 4) is 11.5 Å². The molecular formula is C38H39ClN8O9. The molecule has 0 radical (unpaired) electrons. The second kappa shape index (κ2) is 15.6. The highest BCUT2D eigenvalue weighted by Gasteiger charge is 2.44. The second-order valence-electron chi connectivity index (χ2n) is 13.9. The van der Waals surface area contributed by atoms with Crippen molar-refractivity contribution in [1.29, 1.82) is 0 Å². The van der Waals surface area contributed by atoms with Crippen LogP contribution in [0.25, 0.3) is 10.9 Å². The molecule has 0 saturated carbocycles. The number of piperidine rings is 1. The first-order valence-corrected chi connectivity index (χ1v) is 18.4. The highest BCUT2D eigenvalue weighted by molar-refractivity contribution is 6.33. The quantitative estimate of drug-likeness (QED) is 0.188. The first-order chi connectivity index (χ1) is 26.8. The number of benzene rings is 2. The fourth-order valence-corrected chi connectivity index (χ4v) is 7.13. The van der Waals surface area contributed by atoms with Gasteiger partial charge in [-0.1, -0.05) is 11.6 Å². The number of anilines is 3. The number of halogens is 1. The first kappa shape index (κ1) is 38.2. The van der Waals surface area contributed by atoms with Crippen molar-refractivity contribution in [3.05, 3.63) is 75.2 Å². The van der Waals surface area contributed by atoms with Gasteiger partial charge in [0.15, 0.2) is 18.2 Å². The van der Waals surface area contributed by atoms with Gasteiger partial charge in [-0.05, 0) is 69.7 Å². The van der Waals surface area contributed by atoms with Gasteiger partial charge in [0.2, 0.25) is 17.8 Å². The lowest BCUT2D eigenvalue weighted by Gasteiger charge is -2.36. The van der Waals surface area contributed by atoms with Crippen LogP contribution in [0.2, 0.25) is 5.02 Å². The Morgan fingerprint density at radius 1 is 1.04 bits per heavy atom. The van der Waals surface area contributed by atoms with Gasteiger partial charge < -0.3 is 34.3 Å². The van der Waals surface area contributed by atoms with Crippen LogP contribution in [-0.2, 0) is 19.1 Å². The number of nitrogens with zero attached hydrogens (tertiary/aromatic N) is 5. The van der Waals surface area contributed by atoms with E-state index in [1.54, 1.807) is 16.7 Å². The summed E-state index contributed by atoms with van der Waals surface area (Å²) >= 11 is 6.57. The summed E-state index contributed by atoms with van der Waals surface area (Å²) < 4.78 is 19.4. The van der Waals surface area contributed by atoms with Crippen LogP contribution in [0.4, 0.5) is 17.5 Å². The fraction of sp³-hybridized carbons (Fsp3) is 0.368. The minimum atomic E-state index is -1.06. The first-order valence-electron chi connectivity index (χ1n) is 18.0. The van der Waals surface area contributed by atoms with Gasteiger partial charge in [-0.25, -0.2) is 4.98 Å². The number of likely N-dealkylation sites (N-methyl/N-ethyl adjacent to an activating group) is 1. The minimum absolute atomic E-state index is 0.0299. The Balaban J connectivity index is 1.04. The molecule has 17 nitrogen and oxygen atoms in total. The zero-order valence-electron chi connectivity index (χ0n) is 31.0. The van der Waals surface area contributed by atoms with Crippen LogP contribution in [0.3, 0.4) is 0 Å². The molecule has 3 N–H and O–H groups in total. The maximum Gasteiger partial charge on any atom is 0.293 e. The lowest BCUT2D eigenvalue weighted by atomic mass is 10.0. The number of amides is 5. The molecule has 1 unspecified atom stereocenters. The van der Waals surface area contributed by atoms with Gasteiger partial charge in [0.1, 0.15) is 29.5 Å². The van der Waals surface area contributed by atoms with E-state index in [0.717, 1.165) is 4.90 Å². The Morgan fingerprint density at radius 3 is 2.57 bits per heavy atom. The normalized spacial score (nSPS) is 19.6. The van der Waals surface area contributed by atoms with Gasteiger partial charge in [0.25, 0.3) is 23.3 Å². The predicted molar refractivity (Wildman–Crippen MR) is 204 cm³/mol. The van der Waals surface area contributed by atoms with Crippen molar-refractivity contribution in [2.75, 3.05) is 43.6 Å². The molecule has 5 heterocycles. The SMILES string of the molecule is CNC(=O)COc1cc2cc(Nc3nc(N4C[C@@H](COc5ccc6c(c5)C(=O)N(C5CCC(=O)NC5=O)C6=O)O[C@@H](C)C4)ncc3Cl)ccc2n(C(C)C)c1=O. The maximum atomic E-state index is 13.3. The fourth-order valence-electron chi connectivity index (χ4n) is 6.99. The molecule has 0 spiro atoms. The summed E-state index contributed by atoms with van der Waals surface area (Å²) in [4.78, 5) is 87.5. The van der Waals surface area contributed by atoms with E-state index in [1.165, 1.54) is 25.4 Å². The van der Waals surface area contributed by atoms with E-state index in [-0.39, 0.29) is 71.6 Å². The number of carbonyl (C=O) groups is 5. The van der Waals surface area contributed by atoms with Crippen LogP contribution in [0.1, 0.15) is 60.4 Å². The van der Waals surface area contributed by atoms with Crippen molar-refractivity contribution >= 4 is 69.5 Å². The monoisotopic (exact) mass is 786 g/mol. The number of hydrogen-bond donors (Lipinski definition) is 3. The van der Waals surface area contributed by atoms with Crippen molar-refractivity contribution in [2.24, 2.45) is 0 Å². The lowest BCUT2D eigenvalue weighted by molar-refractivity contribution is -0.136. The van der Waals surface area contributed by atoms with Gasteiger partial charge >= 0.3 is 0 Å². The van der Waals surface area contributed by atoms with Crippen LogP contribution in [-0.4, -0.2) is 101 Å². The van der Waals surface area contributed by atoms with Crippen molar-refractivity contribution in [3.63, 3.8) is 0 Å². The smallest absolute Gasteiger partial charge is 0.293 e. The van der Waals surface area contributed by atoms with E-state index in [2.05, 4.69) is 20.9 Å². The van der Waals surface area contributed by atoms with Gasteiger partial charge in [-0.2, -0.15) is 4.98 Å². The molecule has 56 heavy (non-hydrogen) atoms. The van der Waals surface area contributed by atoms with E-state index in [4.69, 9.17) is 30.8 Å². The Morgan fingerprint density at radius 2 is 1.82 bits per heavy atom. The van der Waals surface area contributed by atoms with Gasteiger partial charge in [0, 0.05) is 37.1 Å². The molecule has 3 aliphatic rings. The predicted octanol–water partition coefficient (Wildman–Crippen LogP) is 2.97. The number of rotatable bonds is 11. The molecular weight excluding hydrogens is 748 g/mol. The number of imide groups is 2. The standard InChI is InChI=1S/C38H39ClN8O9/c1-19(2)46-28-8-5-22(11-21(28)12-30(37(46)53)55-18-32(49)40-4)42-33-27(39)14-41-38(44-33)45-15-20(3)56-24(16-45)17-54-23-6-7-25-26(13-23)36(52)47(35(25)51)29-9-10-31(48)43-34(29)50/h5-8,11-14,19-20,24,29H,9-10,15-18H2,1-4H3,(H,40,49)(H,41,42,44)(H,43,48,50)/t20-,24-,29?/m0/s1. The number of ether oxygens (including phenoxy) is 3. The summed E-state index contributed by atoms with van der Waals surface area (Å²) in [5.74, 6) is -1.59. The summed E-state index contributed by atoms with van der Waals surface area (Å²) in [6.07, 6.45) is 0.934. The third-order valence-electron chi connectivity index (χ3n) is 9.61. The van der Waals surface area contributed by atoms with E-state index in [0.29, 0.717) is 47.2 Å². The number of hydrogen-bond acceptors (Lipinski definition) is 13. The van der Waals surface area contributed by atoms with E-state index < -0.39 is 35.8 Å². The zero-order chi connectivity index (χ0) is 39.8. The minimum Gasteiger partial charge on any atom is -0.491 e. The molecule has 0 aliphatic carbocycles. The number of pyridine rings is 1. The number of nitrogens with one attached hydrogen (secondary N) is 3. The van der Waals surface area contributed by atoms with Crippen LogP contribution in [0, 0.1) is 0 Å². The van der Waals surface area contributed by atoms with Crippen molar-refractivity contribution < 1.29 is 38.2 Å². The topological polar surface area (TPSA) is 203 Å². The average molecular weight is 787 g/mol. The molecule has 2 saturated heterocycles. The molecule has 2 aromatic carbocycles. The second-order valence-corrected chi connectivity index (χ2v) is 14.4. The van der Waals surface area contributed by atoms with Crippen LogP contribution < -0.4 is 35.9 Å². The summed E-state index contributed by atoms with van der Waals surface area (Å²) in [5.41, 5.74) is 1.23. The Bertz CT molecular complexity index is 2330. The Labute approximate surface area is 325 Å². The van der Waals surface area contributed by atoms with Gasteiger partial charge in [-0.15, -0.1) is 0 Å². The van der Waals surface area contributed by atoms with Crippen molar-refractivity contribution in [2.45, 2.75) is 57.9 Å². The van der Waals surface area contributed by atoms with Crippen LogP contribution >= 0.6 is 11.6 Å². The summed E-state index contributed by atoms with van der Waals surface area (Å²) in [6, 6.07) is 10.3. The Kier molecular flexibility index (Phi) is 10.6. The lowest BCUT2D eigenvalue weighted by Crippen LogP contribution is -2.54. The van der Waals surface area contributed by atoms with Crippen LogP contribution in [0.5, 0.6) is 11.5 Å². The van der Waals surface area contributed by atoms with E-state index in [1.807, 2.05) is 43.9 Å². The van der Waals surface area contributed by atoms with Crippen LogP contribution in [0.15, 0.2) is 53.5 Å². The third kappa shape index (κ3) is 7.59. The highest BCUT2D eigenvalue weighted by Crippen LogP contribution is 2.32. The highest BCUT2D eigenvalue weighted by atomic mass is 35.5. The summed E-state index contributed by atoms with van der Waals surface area (Å²) in [5, 5.41) is 8.90. The maximum absolute atomic E-state index is 13.3. The molecule has 3 aliphatic heterocycles. The average Bonchev–Trinajstić information content (AvgIpc) is 3.41. The number of aromatic nitrogens is 3. The summed E-state index contributed by atoms with van der Waals surface area (Å²) in [6.45, 7) is 6.33. The molecule has 18 heteroatoms. The molecule has 7 rings (SSSR count). The van der Waals surface area contributed by atoms with Crippen molar-refractivity contribution in [1.82, 2.24) is 30.1 Å². The number of morpholine rings is 1. The molecule has 2 fully saturated rings.